The van der Waals surface area contributed by atoms with Crippen molar-refractivity contribution in [1.82, 2.24) is 15.1 Å². The Balaban J connectivity index is 1.51. The van der Waals surface area contributed by atoms with Gasteiger partial charge in [-0.1, -0.05) is 18.2 Å². The molecular weight excluding hydrogens is 302 g/mol. The molecule has 1 fully saturated rings. The van der Waals surface area contributed by atoms with E-state index in [9.17, 15) is 4.79 Å². The molecule has 0 aliphatic carbocycles. The zero-order chi connectivity index (χ0) is 17.2. The number of piperazine rings is 1. The lowest BCUT2D eigenvalue weighted by Gasteiger charge is -2.35. The van der Waals surface area contributed by atoms with Gasteiger partial charge in [0.1, 0.15) is 5.60 Å². The molecule has 0 saturated carbocycles. The van der Waals surface area contributed by atoms with Crippen LogP contribution in [0.5, 0.6) is 0 Å². The van der Waals surface area contributed by atoms with Crippen molar-refractivity contribution < 1.29 is 9.53 Å². The minimum Gasteiger partial charge on any atom is -0.444 e. The van der Waals surface area contributed by atoms with Crippen LogP contribution in [-0.2, 0) is 24.2 Å². The van der Waals surface area contributed by atoms with Gasteiger partial charge >= 0.3 is 6.09 Å². The SMILES string of the molecule is CC(C)(C)OC(=O)N1CCN(Cc2ccc3c(c2)CCNC3)CC1. The molecule has 2 heterocycles. The highest BCUT2D eigenvalue weighted by atomic mass is 16.6. The van der Waals surface area contributed by atoms with Crippen LogP contribution in [0.1, 0.15) is 37.5 Å². The first-order chi connectivity index (χ1) is 11.4. The van der Waals surface area contributed by atoms with E-state index in [0.29, 0.717) is 0 Å². The molecule has 1 N–H and O–H groups in total. The number of hydrogen-bond donors (Lipinski definition) is 1. The van der Waals surface area contributed by atoms with Gasteiger partial charge in [0.2, 0.25) is 0 Å². The molecular formula is C19H29N3O2. The summed E-state index contributed by atoms with van der Waals surface area (Å²) in [7, 11) is 0. The number of fused-ring (bicyclic) bond motifs is 1. The maximum absolute atomic E-state index is 12.1. The number of nitrogens with zero attached hydrogens (tertiary/aromatic N) is 2. The summed E-state index contributed by atoms with van der Waals surface area (Å²) in [6.45, 7) is 12.0. The van der Waals surface area contributed by atoms with Crippen molar-refractivity contribution in [2.75, 3.05) is 32.7 Å². The number of carbonyl (C=O) groups is 1. The zero-order valence-corrected chi connectivity index (χ0v) is 15.1. The Morgan fingerprint density at radius 3 is 2.62 bits per heavy atom. The quantitative estimate of drug-likeness (QED) is 0.904. The molecule has 3 rings (SSSR count). The van der Waals surface area contributed by atoms with Gasteiger partial charge in [-0.25, -0.2) is 4.79 Å². The predicted molar refractivity (Wildman–Crippen MR) is 94.9 cm³/mol. The molecule has 1 aromatic rings. The number of ether oxygens (including phenoxy) is 1. The molecule has 132 valence electrons. The summed E-state index contributed by atoms with van der Waals surface area (Å²) in [6, 6.07) is 6.86. The van der Waals surface area contributed by atoms with Gasteiger partial charge in [-0.2, -0.15) is 0 Å². The smallest absolute Gasteiger partial charge is 0.410 e. The number of carbonyl (C=O) groups excluding carboxylic acids is 1. The Kier molecular flexibility index (Phi) is 5.11. The zero-order valence-electron chi connectivity index (χ0n) is 15.1. The van der Waals surface area contributed by atoms with E-state index in [1.54, 1.807) is 0 Å². The molecule has 2 aliphatic heterocycles. The minimum absolute atomic E-state index is 0.191. The highest BCUT2D eigenvalue weighted by Gasteiger charge is 2.25. The maximum Gasteiger partial charge on any atom is 0.410 e. The van der Waals surface area contributed by atoms with Crippen LogP contribution >= 0.6 is 0 Å². The monoisotopic (exact) mass is 331 g/mol. The topological polar surface area (TPSA) is 44.8 Å². The van der Waals surface area contributed by atoms with Gasteiger partial charge in [-0.15, -0.1) is 0 Å². The van der Waals surface area contributed by atoms with Gasteiger partial charge in [0.05, 0.1) is 0 Å². The molecule has 0 bridgehead atoms. The average Bonchev–Trinajstić information content (AvgIpc) is 2.54. The number of rotatable bonds is 2. The predicted octanol–water partition coefficient (Wildman–Crippen LogP) is 2.39. The highest BCUT2D eigenvalue weighted by Crippen LogP contribution is 2.18. The fourth-order valence-electron chi connectivity index (χ4n) is 3.30. The lowest BCUT2D eigenvalue weighted by molar-refractivity contribution is 0.0139. The second-order valence-corrected chi connectivity index (χ2v) is 7.77. The third-order valence-electron chi connectivity index (χ3n) is 4.59. The largest absolute Gasteiger partial charge is 0.444 e. The van der Waals surface area contributed by atoms with Crippen LogP contribution in [0.25, 0.3) is 0 Å². The minimum atomic E-state index is -0.424. The van der Waals surface area contributed by atoms with E-state index in [1.807, 2.05) is 25.7 Å². The highest BCUT2D eigenvalue weighted by molar-refractivity contribution is 5.68. The first-order valence-electron chi connectivity index (χ1n) is 8.92. The van der Waals surface area contributed by atoms with E-state index in [1.165, 1.54) is 16.7 Å². The van der Waals surface area contributed by atoms with Gasteiger partial charge in [0.15, 0.2) is 0 Å². The molecule has 0 radical (unpaired) electrons. The Labute approximate surface area is 145 Å². The number of nitrogens with one attached hydrogen (secondary N) is 1. The van der Waals surface area contributed by atoms with Gasteiger partial charge < -0.3 is 15.0 Å². The van der Waals surface area contributed by atoms with Crippen LogP contribution in [0.15, 0.2) is 18.2 Å². The maximum atomic E-state index is 12.1. The lowest BCUT2D eigenvalue weighted by Crippen LogP contribution is -2.49. The molecule has 1 amide bonds. The Morgan fingerprint density at radius 1 is 1.17 bits per heavy atom. The van der Waals surface area contributed by atoms with Crippen molar-refractivity contribution in [3.8, 4) is 0 Å². The summed E-state index contributed by atoms with van der Waals surface area (Å²) in [5, 5.41) is 3.41. The second kappa shape index (κ2) is 7.11. The van der Waals surface area contributed by atoms with Gasteiger partial charge in [0.25, 0.3) is 0 Å². The summed E-state index contributed by atoms with van der Waals surface area (Å²) < 4.78 is 5.46. The first kappa shape index (κ1) is 17.2. The number of benzene rings is 1. The third kappa shape index (κ3) is 4.48. The molecule has 2 aliphatic rings. The van der Waals surface area contributed by atoms with Crippen LogP contribution in [0.4, 0.5) is 4.79 Å². The van der Waals surface area contributed by atoms with Crippen molar-refractivity contribution in [3.05, 3.63) is 34.9 Å². The fraction of sp³-hybridized carbons (Fsp3) is 0.632. The summed E-state index contributed by atoms with van der Waals surface area (Å²) in [5.41, 5.74) is 3.87. The van der Waals surface area contributed by atoms with Crippen LogP contribution in [0.2, 0.25) is 0 Å². The summed E-state index contributed by atoms with van der Waals surface area (Å²) in [6.07, 6.45) is 0.929. The molecule has 5 heteroatoms. The standard InChI is InChI=1S/C19H29N3O2/c1-19(2,3)24-18(23)22-10-8-21(9-11-22)14-15-4-5-17-13-20-7-6-16(17)12-15/h4-5,12,20H,6-11,13-14H2,1-3H3. The van der Waals surface area contributed by atoms with Gasteiger partial charge in [-0.3, -0.25) is 4.90 Å². The van der Waals surface area contributed by atoms with Gasteiger partial charge in [0, 0.05) is 39.3 Å². The second-order valence-electron chi connectivity index (χ2n) is 7.77. The number of hydrogen-bond acceptors (Lipinski definition) is 4. The normalized spacial score (nSPS) is 19.0. The Hall–Kier alpha value is -1.59. The number of amides is 1. The molecule has 24 heavy (non-hydrogen) atoms. The van der Waals surface area contributed by atoms with E-state index in [4.69, 9.17) is 4.74 Å². The van der Waals surface area contributed by atoms with E-state index in [-0.39, 0.29) is 6.09 Å². The van der Waals surface area contributed by atoms with Crippen molar-refractivity contribution in [1.29, 1.82) is 0 Å². The molecule has 0 spiro atoms. The average molecular weight is 331 g/mol. The lowest BCUT2D eigenvalue weighted by atomic mass is 9.98. The molecule has 1 aromatic carbocycles. The van der Waals surface area contributed by atoms with Crippen molar-refractivity contribution in [2.45, 2.75) is 45.9 Å². The van der Waals surface area contributed by atoms with Crippen molar-refractivity contribution >= 4 is 6.09 Å². The third-order valence-corrected chi connectivity index (χ3v) is 4.59. The molecule has 1 saturated heterocycles. The van der Waals surface area contributed by atoms with Crippen molar-refractivity contribution in [3.63, 3.8) is 0 Å². The van der Waals surface area contributed by atoms with Crippen LogP contribution in [0.3, 0.4) is 0 Å². The molecule has 5 nitrogen and oxygen atoms in total. The fourth-order valence-corrected chi connectivity index (χ4v) is 3.30. The van der Waals surface area contributed by atoms with Crippen LogP contribution in [-0.4, -0.2) is 54.2 Å². The van der Waals surface area contributed by atoms with E-state index >= 15 is 0 Å². The van der Waals surface area contributed by atoms with Crippen LogP contribution < -0.4 is 5.32 Å². The summed E-state index contributed by atoms with van der Waals surface area (Å²) in [5.74, 6) is 0. The molecule has 0 aromatic heterocycles. The summed E-state index contributed by atoms with van der Waals surface area (Å²) in [4.78, 5) is 16.4. The van der Waals surface area contributed by atoms with E-state index < -0.39 is 5.60 Å². The van der Waals surface area contributed by atoms with E-state index in [2.05, 4.69) is 28.4 Å². The van der Waals surface area contributed by atoms with Crippen molar-refractivity contribution in [2.24, 2.45) is 0 Å². The summed E-state index contributed by atoms with van der Waals surface area (Å²) >= 11 is 0. The Bertz CT molecular complexity index is 587. The van der Waals surface area contributed by atoms with Gasteiger partial charge in [-0.05, 0) is 50.4 Å². The molecule has 0 unspecified atom stereocenters. The Morgan fingerprint density at radius 2 is 1.92 bits per heavy atom. The first-order valence-corrected chi connectivity index (χ1v) is 8.92. The molecule has 0 atom stereocenters. The van der Waals surface area contributed by atoms with E-state index in [0.717, 1.165) is 52.2 Å². The van der Waals surface area contributed by atoms with Crippen LogP contribution in [0, 0.1) is 0 Å².